The monoisotopic (exact) mass is 517 g/mol. The van der Waals surface area contributed by atoms with Crippen LogP contribution in [0.2, 0.25) is 0 Å². The third-order valence-electron chi connectivity index (χ3n) is 7.18. The van der Waals surface area contributed by atoms with E-state index in [1.165, 1.54) is 0 Å². The normalized spacial score (nSPS) is 22.1. The van der Waals surface area contributed by atoms with Crippen LogP contribution in [0.5, 0.6) is 0 Å². The number of piperidine rings is 1. The van der Waals surface area contributed by atoms with Crippen LogP contribution in [-0.2, 0) is 18.8 Å². The summed E-state index contributed by atoms with van der Waals surface area (Å²) >= 11 is 0. The van der Waals surface area contributed by atoms with Gasteiger partial charge in [0, 0.05) is 43.0 Å². The molecule has 0 unspecified atom stereocenters. The van der Waals surface area contributed by atoms with E-state index in [9.17, 15) is 9.59 Å². The maximum absolute atomic E-state index is 13.1. The van der Waals surface area contributed by atoms with Crippen LogP contribution in [0.15, 0.2) is 12.4 Å². The number of nitrogens with zero attached hydrogens (tertiary/aromatic N) is 4. The minimum atomic E-state index is -0.684. The Kier molecular flexibility index (Phi) is 8.49. The van der Waals surface area contributed by atoms with Crippen LogP contribution in [-0.4, -0.2) is 82.0 Å². The van der Waals surface area contributed by atoms with Crippen molar-refractivity contribution in [1.82, 2.24) is 20.2 Å². The Labute approximate surface area is 222 Å². The number of carbonyl (C=O) groups excluding carboxylic acids is 2. The van der Waals surface area contributed by atoms with Crippen LogP contribution in [0.3, 0.4) is 0 Å². The van der Waals surface area contributed by atoms with Crippen molar-refractivity contribution in [2.75, 3.05) is 18.0 Å². The van der Waals surface area contributed by atoms with Gasteiger partial charge in [-0.3, -0.25) is 4.79 Å². The fourth-order valence-electron chi connectivity index (χ4n) is 4.58. The molecule has 10 nitrogen and oxygen atoms in total. The third kappa shape index (κ3) is 6.93. The molecule has 1 aromatic rings. The Balaban J connectivity index is 1.68. The summed E-state index contributed by atoms with van der Waals surface area (Å²) in [6, 6.07) is -0.509. The van der Waals surface area contributed by atoms with Gasteiger partial charge < -0.3 is 29.2 Å². The average molecular weight is 517 g/mol. The van der Waals surface area contributed by atoms with Crippen molar-refractivity contribution < 1.29 is 23.6 Å². The molecule has 3 rings (SSSR count). The quantitative estimate of drug-likeness (QED) is 0.575. The lowest BCUT2D eigenvalue weighted by Crippen LogP contribution is -2.56. The van der Waals surface area contributed by atoms with Crippen molar-refractivity contribution >= 4 is 30.5 Å². The minimum Gasteiger partial charge on any atom is -0.444 e. The first-order valence-electron chi connectivity index (χ1n) is 13.2. The molecule has 2 fully saturated rings. The summed E-state index contributed by atoms with van der Waals surface area (Å²) in [6.45, 7) is 20.5. The largest absolute Gasteiger partial charge is 0.498 e. The lowest BCUT2D eigenvalue weighted by atomic mass is 9.81. The lowest BCUT2D eigenvalue weighted by Gasteiger charge is -2.42. The number of rotatable bonds is 6. The van der Waals surface area contributed by atoms with Gasteiger partial charge in [-0.1, -0.05) is 0 Å². The van der Waals surface area contributed by atoms with Gasteiger partial charge in [-0.05, 0) is 82.1 Å². The van der Waals surface area contributed by atoms with Crippen LogP contribution >= 0.6 is 0 Å². The molecule has 1 aromatic heterocycles. The SMILES string of the molecule is CC(C)N(c1ncc(B2OC(C)(C)C(C)(C)O2)cn1)[C@H]1CCCN(C(=O)[C@@H](C)NC(=O)OC(C)(C)C)C1. The van der Waals surface area contributed by atoms with Crippen molar-refractivity contribution in [2.45, 2.75) is 117 Å². The molecule has 2 aliphatic heterocycles. The Morgan fingerprint density at radius 1 is 1.14 bits per heavy atom. The zero-order chi connectivity index (χ0) is 27.8. The highest BCUT2D eigenvalue weighted by Gasteiger charge is 2.52. The van der Waals surface area contributed by atoms with E-state index in [1.807, 2.05) is 32.6 Å². The number of carbonyl (C=O) groups is 2. The van der Waals surface area contributed by atoms with E-state index in [0.717, 1.165) is 18.3 Å². The summed E-state index contributed by atoms with van der Waals surface area (Å²) in [6.07, 6.45) is 4.70. The average Bonchev–Trinajstić information content (AvgIpc) is 2.99. The summed E-state index contributed by atoms with van der Waals surface area (Å²) in [7, 11) is -0.520. The smallest absolute Gasteiger partial charge is 0.444 e. The number of amides is 2. The van der Waals surface area contributed by atoms with Crippen LogP contribution in [0.4, 0.5) is 10.7 Å². The van der Waals surface area contributed by atoms with Gasteiger partial charge in [0.25, 0.3) is 0 Å². The number of hydrogen-bond donors (Lipinski definition) is 1. The molecule has 0 aromatic carbocycles. The summed E-state index contributed by atoms with van der Waals surface area (Å²) < 4.78 is 17.6. The van der Waals surface area contributed by atoms with Crippen molar-refractivity contribution in [3.63, 3.8) is 0 Å². The first-order chi connectivity index (χ1) is 17.0. The molecule has 0 aliphatic carbocycles. The number of alkyl carbamates (subject to hydrolysis) is 1. The zero-order valence-electron chi connectivity index (χ0n) is 24.1. The molecule has 0 radical (unpaired) electrons. The molecule has 0 spiro atoms. The number of ether oxygens (including phenoxy) is 1. The van der Waals surface area contributed by atoms with Gasteiger partial charge >= 0.3 is 13.2 Å². The maximum Gasteiger partial charge on any atom is 0.498 e. The van der Waals surface area contributed by atoms with Gasteiger partial charge in [0.1, 0.15) is 11.6 Å². The second-order valence-corrected chi connectivity index (χ2v) is 12.4. The number of aromatic nitrogens is 2. The van der Waals surface area contributed by atoms with Gasteiger partial charge in [-0.25, -0.2) is 14.8 Å². The maximum atomic E-state index is 13.1. The van der Waals surface area contributed by atoms with Gasteiger partial charge in [0.05, 0.1) is 11.2 Å². The van der Waals surface area contributed by atoms with Gasteiger partial charge in [-0.2, -0.15) is 0 Å². The molecule has 0 bridgehead atoms. The van der Waals surface area contributed by atoms with Crippen molar-refractivity contribution in [2.24, 2.45) is 0 Å². The fourth-order valence-corrected chi connectivity index (χ4v) is 4.58. The lowest BCUT2D eigenvalue weighted by molar-refractivity contribution is -0.134. The molecular weight excluding hydrogens is 473 g/mol. The Hall–Kier alpha value is -2.40. The molecule has 3 heterocycles. The van der Waals surface area contributed by atoms with E-state index >= 15 is 0 Å². The Morgan fingerprint density at radius 3 is 2.22 bits per heavy atom. The molecule has 2 amide bonds. The van der Waals surface area contributed by atoms with E-state index in [4.69, 9.17) is 14.0 Å². The number of anilines is 1. The highest BCUT2D eigenvalue weighted by atomic mass is 16.7. The van der Waals surface area contributed by atoms with Crippen molar-refractivity contribution in [1.29, 1.82) is 0 Å². The second kappa shape index (κ2) is 10.8. The number of hydrogen-bond acceptors (Lipinski definition) is 8. The molecule has 206 valence electrons. The summed E-state index contributed by atoms with van der Waals surface area (Å²) in [4.78, 5) is 38.6. The molecule has 11 heteroatoms. The number of nitrogens with one attached hydrogen (secondary N) is 1. The zero-order valence-corrected chi connectivity index (χ0v) is 24.1. The topological polar surface area (TPSA) is 106 Å². The fraction of sp³-hybridized carbons (Fsp3) is 0.769. The molecule has 0 saturated carbocycles. The summed E-state index contributed by atoms with van der Waals surface area (Å²) in [5, 5.41) is 2.66. The molecule has 37 heavy (non-hydrogen) atoms. The van der Waals surface area contributed by atoms with Crippen LogP contribution in [0.1, 0.15) is 82.1 Å². The molecule has 2 saturated heterocycles. The van der Waals surface area contributed by atoms with Crippen molar-refractivity contribution in [3.05, 3.63) is 12.4 Å². The summed E-state index contributed by atoms with van der Waals surface area (Å²) in [5.41, 5.74) is -0.728. The predicted octanol–water partition coefficient (Wildman–Crippen LogP) is 2.89. The standard InChI is InChI=1S/C26H44BN5O5/c1-17(2)32(22-28-14-19(15-29-22)27-36-25(7,8)26(9,10)37-27)20-12-11-13-31(16-20)21(33)18(3)30-23(34)35-24(4,5)6/h14-15,17-18,20H,11-13,16H2,1-10H3,(H,30,34)/t18-,20+/m1/s1. The molecule has 1 N–H and O–H groups in total. The van der Waals surface area contributed by atoms with Gasteiger partial charge in [0.2, 0.25) is 11.9 Å². The van der Waals surface area contributed by atoms with E-state index in [-0.39, 0.29) is 18.0 Å². The van der Waals surface area contributed by atoms with Gasteiger partial charge in [-0.15, -0.1) is 0 Å². The first kappa shape index (κ1) is 29.2. The predicted molar refractivity (Wildman–Crippen MR) is 144 cm³/mol. The third-order valence-corrected chi connectivity index (χ3v) is 7.18. The van der Waals surface area contributed by atoms with Gasteiger partial charge in [0.15, 0.2) is 0 Å². The highest BCUT2D eigenvalue weighted by Crippen LogP contribution is 2.36. The molecule has 2 aliphatic rings. The van der Waals surface area contributed by atoms with Crippen LogP contribution < -0.4 is 15.7 Å². The second-order valence-electron chi connectivity index (χ2n) is 12.4. The highest BCUT2D eigenvalue weighted by molar-refractivity contribution is 6.61. The molecular formula is C26H44BN5O5. The van der Waals surface area contributed by atoms with Crippen LogP contribution in [0, 0.1) is 0 Å². The van der Waals surface area contributed by atoms with E-state index in [2.05, 4.69) is 34.0 Å². The molecule has 2 atom stereocenters. The van der Waals surface area contributed by atoms with Crippen molar-refractivity contribution in [3.8, 4) is 0 Å². The van der Waals surface area contributed by atoms with Crippen LogP contribution in [0.25, 0.3) is 0 Å². The Morgan fingerprint density at radius 2 is 1.70 bits per heavy atom. The Bertz CT molecular complexity index is 947. The van der Waals surface area contributed by atoms with E-state index < -0.39 is 36.1 Å². The minimum absolute atomic E-state index is 0.0501. The first-order valence-corrected chi connectivity index (χ1v) is 13.2. The van der Waals surface area contributed by atoms with E-state index in [1.54, 1.807) is 40.1 Å². The summed E-state index contributed by atoms with van der Waals surface area (Å²) in [5.74, 6) is 0.478. The number of likely N-dealkylation sites (tertiary alicyclic amines) is 1. The van der Waals surface area contributed by atoms with E-state index in [0.29, 0.717) is 19.0 Å².